The summed E-state index contributed by atoms with van der Waals surface area (Å²) in [5.41, 5.74) is 0.525. The van der Waals surface area contributed by atoms with Gasteiger partial charge in [0.15, 0.2) is 5.76 Å². The highest BCUT2D eigenvalue weighted by Crippen LogP contribution is 2.44. The molecule has 1 amide bonds. The predicted octanol–water partition coefficient (Wildman–Crippen LogP) is 3.05. The van der Waals surface area contributed by atoms with Crippen LogP contribution < -0.4 is 5.32 Å². The first kappa shape index (κ1) is 23.8. The Morgan fingerprint density at radius 3 is 2.82 bits per heavy atom. The van der Waals surface area contributed by atoms with Gasteiger partial charge in [-0.1, -0.05) is 11.2 Å². The number of carbonyl (C=O) groups is 1. The summed E-state index contributed by atoms with van der Waals surface area (Å²) in [4.78, 5) is 25.1. The number of morpholine rings is 1. The number of rotatable bonds is 4. The van der Waals surface area contributed by atoms with Crippen molar-refractivity contribution < 1.29 is 23.9 Å². The molecule has 2 fully saturated rings. The molecule has 12 heteroatoms. The van der Waals surface area contributed by atoms with Crippen molar-refractivity contribution in [1.29, 1.82) is 0 Å². The van der Waals surface area contributed by atoms with E-state index in [1.807, 2.05) is 35.9 Å². The van der Waals surface area contributed by atoms with E-state index in [0.717, 1.165) is 27.0 Å². The second-order valence-corrected chi connectivity index (χ2v) is 10.6. The molecule has 0 aliphatic carbocycles. The van der Waals surface area contributed by atoms with E-state index in [9.17, 15) is 14.3 Å². The van der Waals surface area contributed by atoms with Gasteiger partial charge in [0.25, 0.3) is 11.6 Å². The van der Waals surface area contributed by atoms with E-state index in [-0.39, 0.29) is 12.5 Å². The van der Waals surface area contributed by atoms with Crippen molar-refractivity contribution in [2.45, 2.75) is 24.7 Å². The minimum Gasteiger partial charge on any atom is -0.471 e. The lowest BCUT2D eigenvalue weighted by molar-refractivity contribution is -0.165. The molecule has 2 aromatic carbocycles. The summed E-state index contributed by atoms with van der Waals surface area (Å²) < 4.78 is 27.5. The molecule has 3 aliphatic heterocycles. The highest BCUT2D eigenvalue weighted by molar-refractivity contribution is 7.13. The van der Waals surface area contributed by atoms with Crippen LogP contribution in [-0.4, -0.2) is 61.0 Å². The van der Waals surface area contributed by atoms with E-state index in [1.165, 1.54) is 23.7 Å². The molecule has 4 aromatic rings. The number of ether oxygens (including phenoxy) is 1. The number of fused-ring (bicyclic) bond motifs is 2. The fourth-order valence-corrected chi connectivity index (χ4v) is 6.22. The molecule has 0 bridgehead atoms. The fraction of sp³-hybridized carbons (Fsp3) is 0.259. The van der Waals surface area contributed by atoms with Crippen LogP contribution >= 0.6 is 11.5 Å². The minimum absolute atomic E-state index is 0.0985. The first-order valence-corrected chi connectivity index (χ1v) is 13.2. The first-order chi connectivity index (χ1) is 18.9. The van der Waals surface area contributed by atoms with Crippen molar-refractivity contribution in [2.75, 3.05) is 19.7 Å². The Morgan fingerprint density at radius 2 is 2.10 bits per heavy atom. The standard InChI is InChI=1S/C27H23FN6O4S/c1-16-12-33(15-30-16)21-7-2-17(20-11-31-39-23(20)21)10-22-24-32-38-27(14-35,18-3-5-19(28)6-4-18)34(24)13-26(37-22)8-9-29-25(26)36/h2-7,10-12,15,35H,8-9,13-14H2,1H3,(H,29,36). The lowest BCUT2D eigenvalue weighted by atomic mass is 9.93. The zero-order valence-corrected chi connectivity index (χ0v) is 21.6. The normalized spacial score (nSPS) is 25.1. The van der Waals surface area contributed by atoms with Crippen LogP contribution in [0.3, 0.4) is 0 Å². The molecule has 2 N–H and O–H groups in total. The second kappa shape index (κ2) is 8.61. The van der Waals surface area contributed by atoms with E-state index in [1.54, 1.807) is 29.6 Å². The molecular formula is C27H23FN6O4S. The zero-order chi connectivity index (χ0) is 26.8. The van der Waals surface area contributed by atoms with E-state index in [4.69, 9.17) is 9.57 Å². The number of aromatic nitrogens is 3. The maximum absolute atomic E-state index is 13.7. The molecule has 3 aliphatic rings. The monoisotopic (exact) mass is 546 g/mol. The van der Waals surface area contributed by atoms with Gasteiger partial charge < -0.3 is 29.5 Å². The number of carbonyl (C=O) groups excluding carboxylic acids is 1. The molecule has 0 radical (unpaired) electrons. The van der Waals surface area contributed by atoms with E-state index in [2.05, 4.69) is 19.8 Å². The third-order valence-corrected chi connectivity index (χ3v) is 8.29. The van der Waals surface area contributed by atoms with Gasteiger partial charge in [-0.25, -0.2) is 9.37 Å². The number of halogens is 1. The molecule has 2 atom stereocenters. The second-order valence-electron chi connectivity index (χ2n) is 9.82. The van der Waals surface area contributed by atoms with E-state index >= 15 is 0 Å². The number of imidazole rings is 1. The number of amidine groups is 1. The van der Waals surface area contributed by atoms with Crippen molar-refractivity contribution in [1.82, 2.24) is 24.1 Å². The quantitative estimate of drug-likeness (QED) is 0.405. The summed E-state index contributed by atoms with van der Waals surface area (Å²) in [5, 5.41) is 18.7. The van der Waals surface area contributed by atoms with Gasteiger partial charge in [-0.3, -0.25) is 4.79 Å². The summed E-state index contributed by atoms with van der Waals surface area (Å²) in [5.74, 6) is 0.000140. The average molecular weight is 547 g/mol. The summed E-state index contributed by atoms with van der Waals surface area (Å²) in [6.45, 7) is 2.01. The van der Waals surface area contributed by atoms with Crippen LogP contribution in [0.25, 0.3) is 21.8 Å². The minimum atomic E-state index is -1.44. The molecule has 5 heterocycles. The molecule has 0 saturated carbocycles. The number of oxime groups is 1. The molecule has 2 aromatic heterocycles. The molecule has 1 spiro atoms. The maximum atomic E-state index is 13.7. The van der Waals surface area contributed by atoms with Crippen LogP contribution in [0.4, 0.5) is 4.39 Å². The van der Waals surface area contributed by atoms with Gasteiger partial charge in [-0.05, 0) is 60.4 Å². The van der Waals surface area contributed by atoms with Crippen LogP contribution in [0, 0.1) is 12.7 Å². The molecule has 2 saturated heterocycles. The Balaban J connectivity index is 1.35. The van der Waals surface area contributed by atoms with Gasteiger partial charge in [-0.2, -0.15) is 4.37 Å². The lowest BCUT2D eigenvalue weighted by Crippen LogP contribution is -2.61. The van der Waals surface area contributed by atoms with Crippen LogP contribution in [0.2, 0.25) is 0 Å². The number of amides is 1. The Bertz CT molecular complexity index is 1680. The topological polar surface area (TPSA) is 114 Å². The number of hydrogen-bond acceptors (Lipinski definition) is 9. The number of benzene rings is 2. The molecule has 10 nitrogen and oxygen atoms in total. The Kier molecular flexibility index (Phi) is 5.26. The molecule has 39 heavy (non-hydrogen) atoms. The van der Waals surface area contributed by atoms with Crippen molar-refractivity contribution in [3.63, 3.8) is 0 Å². The number of nitrogens with one attached hydrogen (secondary N) is 1. The third-order valence-electron chi connectivity index (χ3n) is 7.46. The van der Waals surface area contributed by atoms with Gasteiger partial charge >= 0.3 is 0 Å². The van der Waals surface area contributed by atoms with Crippen molar-refractivity contribution in [2.24, 2.45) is 5.16 Å². The Hall–Kier alpha value is -4.29. The van der Waals surface area contributed by atoms with Gasteiger partial charge in [0, 0.05) is 36.3 Å². The van der Waals surface area contributed by atoms with E-state index in [0.29, 0.717) is 30.1 Å². The summed E-state index contributed by atoms with van der Waals surface area (Å²) in [7, 11) is 0. The SMILES string of the molecule is Cc1cn(-c2ccc(C=C3OC4(CCNC4=O)CN4C3=NOC4(CO)c3ccc(F)cc3)c3cnsc23)cn1. The molecule has 2 unspecified atom stereocenters. The maximum Gasteiger partial charge on any atom is 0.266 e. The van der Waals surface area contributed by atoms with Gasteiger partial charge in [0.1, 0.15) is 12.4 Å². The van der Waals surface area contributed by atoms with Crippen LogP contribution in [0.15, 0.2) is 66.0 Å². The number of aliphatic hydroxyl groups excluding tert-OH is 1. The predicted molar refractivity (Wildman–Crippen MR) is 141 cm³/mol. The fourth-order valence-electron chi connectivity index (χ4n) is 5.42. The number of aliphatic hydroxyl groups is 1. The Labute approximate surface area is 226 Å². The van der Waals surface area contributed by atoms with Crippen molar-refractivity contribution >= 4 is 39.4 Å². The van der Waals surface area contributed by atoms with Gasteiger partial charge in [-0.15, -0.1) is 0 Å². The smallest absolute Gasteiger partial charge is 0.266 e. The number of aryl methyl sites for hydroxylation is 1. The van der Waals surface area contributed by atoms with Crippen LogP contribution in [0.5, 0.6) is 0 Å². The average Bonchev–Trinajstić information content (AvgIpc) is 3.73. The number of nitrogens with zero attached hydrogens (tertiary/aromatic N) is 5. The third kappa shape index (κ3) is 3.55. The highest BCUT2D eigenvalue weighted by Gasteiger charge is 2.59. The van der Waals surface area contributed by atoms with Crippen molar-refractivity contribution in [3.8, 4) is 5.69 Å². The summed E-state index contributed by atoms with van der Waals surface area (Å²) in [6.07, 6.45) is 7.75. The number of hydrogen-bond donors (Lipinski definition) is 2. The molecule has 7 rings (SSSR count). The highest BCUT2D eigenvalue weighted by atomic mass is 32.1. The molecule has 198 valence electrons. The largest absolute Gasteiger partial charge is 0.471 e. The first-order valence-electron chi connectivity index (χ1n) is 12.4. The lowest BCUT2D eigenvalue weighted by Gasteiger charge is -2.44. The zero-order valence-electron chi connectivity index (χ0n) is 20.8. The summed E-state index contributed by atoms with van der Waals surface area (Å²) >= 11 is 1.37. The summed E-state index contributed by atoms with van der Waals surface area (Å²) in [6, 6.07) is 9.62. The van der Waals surface area contributed by atoms with Gasteiger partial charge in [0.05, 0.1) is 29.0 Å². The van der Waals surface area contributed by atoms with Gasteiger partial charge in [0.2, 0.25) is 11.4 Å². The molecular weight excluding hydrogens is 523 g/mol. The van der Waals surface area contributed by atoms with Crippen LogP contribution in [0.1, 0.15) is 23.2 Å². The van der Waals surface area contributed by atoms with Crippen LogP contribution in [-0.2, 0) is 20.1 Å². The van der Waals surface area contributed by atoms with Crippen molar-refractivity contribution in [3.05, 3.63) is 83.5 Å². The van der Waals surface area contributed by atoms with E-state index < -0.39 is 23.8 Å². The Morgan fingerprint density at radius 1 is 1.26 bits per heavy atom.